The molecule has 3 atom stereocenters. The van der Waals surface area contributed by atoms with Crippen molar-refractivity contribution in [1.82, 2.24) is 25.1 Å². The largest absolute Gasteiger partial charge is 0.353 e. The molecule has 3 saturated heterocycles. The van der Waals surface area contributed by atoms with Gasteiger partial charge in [0.25, 0.3) is 0 Å². The van der Waals surface area contributed by atoms with Gasteiger partial charge in [0.15, 0.2) is 0 Å². The standard InChI is InChI=1S/C33H52F2N6O/c1-8-21(2)25(17-26-23-15-24(16-23)37-29(26)42)28(41-14-13-40(7)33(20-41)11-12-33)39-30-36-18-27(38-30)22(3)9-10-31(4,5)32(6,35)19-34/h18,22-24,26H,8-17,19-20H2,1-7H3,(H,36,38)(H,37,42)/b25-21?,39-28+. The quantitative estimate of drug-likeness (QED) is 0.230. The van der Waals surface area contributed by atoms with Gasteiger partial charge in [-0.1, -0.05) is 33.3 Å². The minimum Gasteiger partial charge on any atom is -0.353 e. The second-order valence-corrected chi connectivity index (χ2v) is 14.7. The summed E-state index contributed by atoms with van der Waals surface area (Å²) in [6, 6.07) is 0.365. The smallest absolute Gasteiger partial charge is 0.229 e. The number of carbonyl (C=O) groups excluding carboxylic acids is 1. The van der Waals surface area contributed by atoms with Crippen LogP contribution in [-0.2, 0) is 4.79 Å². The SMILES string of the molecule is CCC(C)=C(CC1C(=O)NC2CC1C2)/C(=N\c1ncc(C(C)CCC(C)(C)C(C)(F)CF)[nH]1)N1CCN(C)C2(CC2)C1. The number of aromatic nitrogens is 2. The summed E-state index contributed by atoms with van der Waals surface area (Å²) >= 11 is 0. The van der Waals surface area contributed by atoms with Crippen LogP contribution < -0.4 is 5.32 Å². The van der Waals surface area contributed by atoms with E-state index in [0.29, 0.717) is 37.2 Å². The number of nitrogens with one attached hydrogen (secondary N) is 2. The molecule has 4 heterocycles. The molecular formula is C33H52F2N6O. The molecule has 1 aromatic rings. The lowest BCUT2D eigenvalue weighted by Crippen LogP contribution is -2.58. The van der Waals surface area contributed by atoms with Crippen molar-refractivity contribution in [1.29, 1.82) is 0 Å². The molecule has 0 aromatic carbocycles. The van der Waals surface area contributed by atoms with Crippen LogP contribution in [0.15, 0.2) is 22.3 Å². The molecule has 6 rings (SSSR count). The number of imidazole rings is 1. The van der Waals surface area contributed by atoms with Crippen LogP contribution in [-0.4, -0.2) is 82.1 Å². The highest BCUT2D eigenvalue weighted by Crippen LogP contribution is 2.46. The van der Waals surface area contributed by atoms with Crippen molar-refractivity contribution in [2.75, 3.05) is 33.4 Å². The molecule has 2 bridgehead atoms. The summed E-state index contributed by atoms with van der Waals surface area (Å²) in [5, 5.41) is 3.22. The van der Waals surface area contributed by atoms with Crippen molar-refractivity contribution in [3.8, 4) is 0 Å². The van der Waals surface area contributed by atoms with E-state index in [4.69, 9.17) is 4.99 Å². The molecule has 9 heteroatoms. The summed E-state index contributed by atoms with van der Waals surface area (Å²) in [6.45, 7) is 13.2. The van der Waals surface area contributed by atoms with Gasteiger partial charge in [0.05, 0.1) is 6.20 Å². The Hall–Kier alpha value is -2.29. The van der Waals surface area contributed by atoms with Gasteiger partial charge in [-0.25, -0.2) is 13.8 Å². The number of aromatic amines is 1. The zero-order valence-electron chi connectivity index (χ0n) is 26.8. The lowest BCUT2D eigenvalue weighted by atomic mass is 9.66. The van der Waals surface area contributed by atoms with Gasteiger partial charge < -0.3 is 15.2 Å². The van der Waals surface area contributed by atoms with E-state index in [-0.39, 0.29) is 23.3 Å². The number of fused-ring (bicyclic) bond motifs is 2. The number of allylic oxidation sites excluding steroid dienone is 1. The fourth-order valence-corrected chi connectivity index (χ4v) is 6.94. The first kappa shape index (κ1) is 31.1. The van der Waals surface area contributed by atoms with Gasteiger partial charge in [0.1, 0.15) is 18.2 Å². The Bertz CT molecular complexity index is 1210. The summed E-state index contributed by atoms with van der Waals surface area (Å²) < 4.78 is 28.2. The second-order valence-electron chi connectivity index (χ2n) is 14.7. The number of hydrogen-bond acceptors (Lipinski definition) is 4. The summed E-state index contributed by atoms with van der Waals surface area (Å²) in [7, 11) is 2.23. The van der Waals surface area contributed by atoms with Crippen LogP contribution >= 0.6 is 0 Å². The fourth-order valence-electron chi connectivity index (χ4n) is 6.94. The Balaban J connectivity index is 1.42. The van der Waals surface area contributed by atoms with E-state index in [0.717, 1.165) is 50.4 Å². The number of halogens is 2. The van der Waals surface area contributed by atoms with E-state index in [1.165, 1.54) is 30.9 Å². The highest BCUT2D eigenvalue weighted by Gasteiger charge is 2.51. The molecule has 3 aliphatic heterocycles. The number of likely N-dealkylation sites (N-methyl/N-ethyl adjacent to an activating group) is 1. The lowest BCUT2D eigenvalue weighted by Gasteiger charge is -2.47. The van der Waals surface area contributed by atoms with Crippen molar-refractivity contribution >= 4 is 17.7 Å². The van der Waals surface area contributed by atoms with Gasteiger partial charge in [0.2, 0.25) is 11.9 Å². The van der Waals surface area contributed by atoms with Crippen molar-refractivity contribution in [3.63, 3.8) is 0 Å². The van der Waals surface area contributed by atoms with Crippen molar-refractivity contribution in [2.24, 2.45) is 22.2 Å². The number of nitrogens with zero attached hydrogens (tertiary/aromatic N) is 4. The summed E-state index contributed by atoms with van der Waals surface area (Å²) in [4.78, 5) is 31.3. The maximum absolute atomic E-state index is 14.8. The van der Waals surface area contributed by atoms with Crippen LogP contribution in [0, 0.1) is 17.3 Å². The minimum atomic E-state index is -1.86. The van der Waals surface area contributed by atoms with Crippen LogP contribution in [0.4, 0.5) is 14.7 Å². The van der Waals surface area contributed by atoms with Gasteiger partial charge >= 0.3 is 0 Å². The van der Waals surface area contributed by atoms with E-state index in [1.54, 1.807) is 13.8 Å². The topological polar surface area (TPSA) is 76.6 Å². The van der Waals surface area contributed by atoms with E-state index >= 15 is 0 Å². The van der Waals surface area contributed by atoms with E-state index < -0.39 is 17.8 Å². The molecule has 3 unspecified atom stereocenters. The normalized spacial score (nSPS) is 28.6. The number of amidine groups is 1. The molecule has 7 nitrogen and oxygen atoms in total. The Morgan fingerprint density at radius 2 is 1.98 bits per heavy atom. The molecular weight excluding hydrogens is 534 g/mol. The number of aliphatic imine (C=N–C) groups is 1. The molecule has 5 fully saturated rings. The highest BCUT2D eigenvalue weighted by molar-refractivity contribution is 6.01. The number of alkyl halides is 2. The van der Waals surface area contributed by atoms with Gasteiger partial charge in [-0.2, -0.15) is 4.99 Å². The van der Waals surface area contributed by atoms with Crippen molar-refractivity contribution in [2.45, 2.75) is 116 Å². The number of piperidine rings is 2. The average Bonchev–Trinajstić information content (AvgIpc) is 3.55. The maximum Gasteiger partial charge on any atom is 0.229 e. The van der Waals surface area contributed by atoms with Crippen LogP contribution in [0.1, 0.15) is 105 Å². The van der Waals surface area contributed by atoms with Crippen LogP contribution in [0.25, 0.3) is 0 Å². The molecule has 1 spiro atoms. The zero-order chi connectivity index (χ0) is 30.4. The summed E-state index contributed by atoms with van der Waals surface area (Å²) in [5.74, 6) is 2.24. The maximum atomic E-state index is 14.8. The summed E-state index contributed by atoms with van der Waals surface area (Å²) in [6.07, 6.45) is 9.29. The van der Waals surface area contributed by atoms with Crippen LogP contribution in [0.3, 0.4) is 0 Å². The Morgan fingerprint density at radius 3 is 2.60 bits per heavy atom. The van der Waals surface area contributed by atoms with Crippen LogP contribution in [0.5, 0.6) is 0 Å². The zero-order valence-corrected chi connectivity index (χ0v) is 26.8. The number of amides is 1. The predicted octanol–water partition coefficient (Wildman–Crippen LogP) is 6.47. The molecule has 234 valence electrons. The molecule has 2 N–H and O–H groups in total. The number of carbonyl (C=O) groups is 1. The highest BCUT2D eigenvalue weighted by atomic mass is 19.2. The molecule has 5 aliphatic rings. The predicted molar refractivity (Wildman–Crippen MR) is 165 cm³/mol. The van der Waals surface area contributed by atoms with E-state index in [2.05, 4.69) is 52.9 Å². The van der Waals surface area contributed by atoms with Gasteiger partial charge in [-0.3, -0.25) is 9.69 Å². The van der Waals surface area contributed by atoms with Crippen LogP contribution in [0.2, 0.25) is 0 Å². The monoisotopic (exact) mass is 586 g/mol. The molecule has 2 aliphatic carbocycles. The summed E-state index contributed by atoms with van der Waals surface area (Å²) in [5.41, 5.74) is 0.996. The second kappa shape index (κ2) is 11.7. The first-order chi connectivity index (χ1) is 19.8. The molecule has 1 amide bonds. The number of rotatable bonds is 11. The van der Waals surface area contributed by atoms with E-state index in [9.17, 15) is 13.6 Å². The Kier molecular flexibility index (Phi) is 8.65. The van der Waals surface area contributed by atoms with E-state index in [1.807, 2.05) is 6.20 Å². The molecule has 2 saturated carbocycles. The third-order valence-corrected chi connectivity index (χ3v) is 11.5. The first-order valence-electron chi connectivity index (χ1n) is 16.1. The van der Waals surface area contributed by atoms with Crippen molar-refractivity contribution < 1.29 is 13.6 Å². The number of H-pyrrole nitrogens is 1. The first-order valence-corrected chi connectivity index (χ1v) is 16.1. The molecule has 1 aromatic heterocycles. The minimum absolute atomic E-state index is 0.0138. The number of hydrogen-bond donors (Lipinski definition) is 2. The number of piperazine rings is 1. The fraction of sp³-hybridized carbons (Fsp3) is 0.788. The van der Waals surface area contributed by atoms with Crippen molar-refractivity contribution in [3.05, 3.63) is 23.0 Å². The third-order valence-electron chi connectivity index (χ3n) is 11.5. The Labute approximate surface area is 251 Å². The Morgan fingerprint density at radius 1 is 1.26 bits per heavy atom. The lowest BCUT2D eigenvalue weighted by molar-refractivity contribution is -0.135. The van der Waals surface area contributed by atoms with Gasteiger partial charge in [-0.05, 0) is 89.7 Å². The van der Waals surface area contributed by atoms with Gasteiger partial charge in [-0.15, -0.1) is 0 Å². The average molecular weight is 587 g/mol. The third kappa shape index (κ3) is 6.04. The van der Waals surface area contributed by atoms with Gasteiger partial charge in [0, 0.05) is 48.2 Å². The molecule has 0 radical (unpaired) electrons. The molecule has 42 heavy (non-hydrogen) atoms.